The number of carbonyl (C=O) groups is 4. The van der Waals surface area contributed by atoms with Crippen molar-refractivity contribution in [2.24, 2.45) is 0 Å². The first-order chi connectivity index (χ1) is 33.0. The van der Waals surface area contributed by atoms with Crippen molar-refractivity contribution < 1.29 is 101 Å². The van der Waals surface area contributed by atoms with Crippen molar-refractivity contribution in [3.63, 3.8) is 0 Å². The van der Waals surface area contributed by atoms with Crippen molar-refractivity contribution in [3.05, 3.63) is 202 Å². The summed E-state index contributed by atoms with van der Waals surface area (Å²) in [7, 11) is 0. The SMILES string of the molecule is O.O.O=C(O)c1ccc(CSc2nnc(SCc3ccc(C(=O)O)cc3)s2)cc1.O=C(O)c1ccc(CSc2nnc(SCc3ccc(C(=O)O)cc3)s2)cc1.[Co].[Co].[Co].c1cc(CCc2ccncc2)ccn1. The molecule has 4 heterocycles. The van der Waals surface area contributed by atoms with Crippen LogP contribution in [0, 0.1) is 0 Å². The van der Waals surface area contributed by atoms with Gasteiger partial charge in [0.2, 0.25) is 0 Å². The second kappa shape index (κ2) is 35.3. The van der Waals surface area contributed by atoms with Crippen LogP contribution in [-0.4, -0.2) is 85.6 Å². The Kier molecular flexibility index (Phi) is 31.9. The van der Waals surface area contributed by atoms with Crippen molar-refractivity contribution in [2.75, 3.05) is 0 Å². The fourth-order valence-corrected chi connectivity index (χ4v) is 11.4. The topological polar surface area (TPSA) is 290 Å². The maximum atomic E-state index is 10.9. The Morgan fingerprint density at radius 2 is 0.548 bits per heavy atom. The van der Waals surface area contributed by atoms with Crippen molar-refractivity contribution in [1.29, 1.82) is 0 Å². The zero-order valence-corrected chi connectivity index (χ0v) is 45.7. The molecule has 3 radical (unpaired) electrons. The number of rotatable bonds is 19. The van der Waals surface area contributed by atoms with Gasteiger partial charge in [-0.05, 0) is 119 Å². The Labute approximate surface area is 475 Å². The number of aromatic nitrogens is 6. The number of carboxylic acid groups (broad SMARTS) is 4. The smallest absolute Gasteiger partial charge is 0.335 e. The van der Waals surface area contributed by atoms with E-state index < -0.39 is 23.9 Å². The van der Waals surface area contributed by atoms with Crippen molar-refractivity contribution >= 4 is 93.6 Å². The van der Waals surface area contributed by atoms with E-state index in [1.807, 2.05) is 24.8 Å². The molecule has 0 aliphatic rings. The Morgan fingerprint density at radius 1 is 0.342 bits per heavy atom. The zero-order chi connectivity index (χ0) is 48.1. The van der Waals surface area contributed by atoms with Gasteiger partial charge in [0.25, 0.3) is 0 Å². The summed E-state index contributed by atoms with van der Waals surface area (Å²) in [5, 5.41) is 52.3. The molecule has 0 saturated carbocycles. The molecule has 25 heteroatoms. The molecule has 0 aliphatic carbocycles. The number of pyridine rings is 2. The fraction of sp³-hybridized carbons (Fsp3) is 0.125. The van der Waals surface area contributed by atoms with Crippen LogP contribution in [-0.2, 0) is 86.2 Å². The van der Waals surface area contributed by atoms with E-state index in [1.54, 1.807) is 144 Å². The molecule has 8 aromatic rings. The van der Waals surface area contributed by atoms with Gasteiger partial charge in [0.15, 0.2) is 17.4 Å². The van der Waals surface area contributed by atoms with Crippen LogP contribution in [0.25, 0.3) is 0 Å². The normalized spacial score (nSPS) is 9.81. The van der Waals surface area contributed by atoms with E-state index >= 15 is 0 Å². The molecular weight excluding hydrogens is 1190 g/mol. The molecule has 0 spiro atoms. The number of aryl methyl sites for hydroxylation is 2. The summed E-state index contributed by atoms with van der Waals surface area (Å²) in [5.41, 5.74) is 7.84. The van der Waals surface area contributed by atoms with Crippen LogP contribution < -0.4 is 0 Å². The quantitative estimate of drug-likeness (QED) is 0.0548. The van der Waals surface area contributed by atoms with E-state index in [4.69, 9.17) is 20.4 Å². The summed E-state index contributed by atoms with van der Waals surface area (Å²) in [6.07, 6.45) is 9.46. The second-order valence-electron chi connectivity index (χ2n) is 14.0. The van der Waals surface area contributed by atoms with Gasteiger partial charge in [-0.1, -0.05) is 118 Å². The summed E-state index contributed by atoms with van der Waals surface area (Å²) in [5.74, 6) is -0.970. The van der Waals surface area contributed by atoms with Crippen LogP contribution in [0.3, 0.4) is 0 Å². The number of hydrogen-bond acceptors (Lipinski definition) is 16. The predicted molar refractivity (Wildman–Crippen MR) is 275 cm³/mol. The minimum atomic E-state index is -0.933. The third-order valence-corrected chi connectivity index (χ3v) is 15.9. The van der Waals surface area contributed by atoms with Gasteiger partial charge in [-0.25, -0.2) is 19.2 Å². The van der Waals surface area contributed by atoms with Gasteiger partial charge in [-0.3, -0.25) is 9.97 Å². The van der Waals surface area contributed by atoms with Crippen LogP contribution in [0.2, 0.25) is 0 Å². The van der Waals surface area contributed by atoms with Crippen LogP contribution in [0.1, 0.15) is 74.8 Å². The molecule has 8 N–H and O–H groups in total. The van der Waals surface area contributed by atoms with Gasteiger partial charge < -0.3 is 31.4 Å². The molecule has 0 fully saturated rings. The maximum Gasteiger partial charge on any atom is 0.335 e. The Morgan fingerprint density at radius 3 is 0.740 bits per heavy atom. The van der Waals surface area contributed by atoms with Gasteiger partial charge in [-0.2, -0.15) is 0 Å². The van der Waals surface area contributed by atoms with E-state index in [9.17, 15) is 19.2 Å². The first kappa shape index (κ1) is 66.0. The molecule has 0 bridgehead atoms. The van der Waals surface area contributed by atoms with Gasteiger partial charge in [0, 0.05) is 98.1 Å². The van der Waals surface area contributed by atoms with E-state index in [1.165, 1.54) is 33.8 Å². The number of aromatic carboxylic acids is 4. The van der Waals surface area contributed by atoms with E-state index in [0.717, 1.165) is 52.5 Å². The number of benzene rings is 4. The molecule has 0 saturated heterocycles. The number of nitrogens with zero attached hydrogens (tertiary/aromatic N) is 6. The van der Waals surface area contributed by atoms with Gasteiger partial charge in [-0.15, -0.1) is 20.4 Å². The summed E-state index contributed by atoms with van der Waals surface area (Å²) < 4.78 is 3.39. The first-order valence-corrected chi connectivity index (χ1v) is 25.8. The molecule has 0 atom stereocenters. The average molecular weight is 1230 g/mol. The summed E-state index contributed by atoms with van der Waals surface area (Å²) >= 11 is 9.22. The molecule has 0 amide bonds. The molecular formula is C48H44Co3N6O10S6. The van der Waals surface area contributed by atoms with E-state index in [-0.39, 0.29) is 83.5 Å². The standard InChI is InChI=1S/2C18H14N2O4S3.C12H12N2.3Co.2H2O/c2*21-15(22)13-5-1-11(2-6-13)9-25-17-19-20-18(27-17)26-10-12-3-7-14(8-4-12)16(23)24;1(11-3-7-13-8-4-11)2-12-5-9-14-10-6-12;;;;;/h2*1-8H,9-10H2,(H,21,22)(H,23,24);3-10H,1-2H2;;;;2*1H2. The van der Waals surface area contributed by atoms with Crippen LogP contribution in [0.15, 0.2) is 163 Å². The monoisotopic (exact) mass is 1230 g/mol. The molecule has 16 nitrogen and oxygen atoms in total. The Balaban J connectivity index is 0.000000553. The minimum absolute atomic E-state index is 0. The Bertz CT molecular complexity index is 2530. The van der Waals surface area contributed by atoms with Gasteiger partial charge in [0.05, 0.1) is 22.3 Å². The maximum absolute atomic E-state index is 10.9. The zero-order valence-electron chi connectivity index (χ0n) is 37.7. The molecule has 73 heavy (non-hydrogen) atoms. The van der Waals surface area contributed by atoms with E-state index in [2.05, 4.69) is 54.6 Å². The second-order valence-corrected chi connectivity index (χ2v) is 20.9. The number of carboxylic acids is 4. The van der Waals surface area contributed by atoms with Crippen molar-refractivity contribution in [3.8, 4) is 0 Å². The minimum Gasteiger partial charge on any atom is -0.478 e. The summed E-state index contributed by atoms with van der Waals surface area (Å²) in [4.78, 5) is 51.4. The average Bonchev–Trinajstić information content (AvgIpc) is 4.04. The third kappa shape index (κ3) is 23.4. The van der Waals surface area contributed by atoms with Crippen LogP contribution in [0.5, 0.6) is 0 Å². The summed E-state index contributed by atoms with van der Waals surface area (Å²) in [6.45, 7) is 0. The third-order valence-electron chi connectivity index (χ3n) is 9.23. The Hall–Kier alpha value is -4.98. The molecule has 389 valence electrons. The fourth-order valence-electron chi connectivity index (χ4n) is 5.57. The molecule has 8 rings (SSSR count). The molecule has 4 aromatic heterocycles. The molecule has 0 aliphatic heterocycles. The number of thioether (sulfide) groups is 4. The molecule has 0 unspecified atom stereocenters. The van der Waals surface area contributed by atoms with Crippen LogP contribution in [0.4, 0.5) is 0 Å². The van der Waals surface area contributed by atoms with Crippen molar-refractivity contribution in [1.82, 2.24) is 30.4 Å². The van der Waals surface area contributed by atoms with Crippen molar-refractivity contribution in [2.45, 2.75) is 53.2 Å². The van der Waals surface area contributed by atoms with E-state index in [0.29, 0.717) is 23.0 Å². The first-order valence-electron chi connectivity index (χ1n) is 20.2. The predicted octanol–water partition coefficient (Wildman–Crippen LogP) is 9.64. The van der Waals surface area contributed by atoms with Crippen LogP contribution >= 0.6 is 69.7 Å². The van der Waals surface area contributed by atoms with Gasteiger partial charge >= 0.3 is 23.9 Å². The van der Waals surface area contributed by atoms with Gasteiger partial charge in [0.1, 0.15) is 0 Å². The molecule has 4 aromatic carbocycles. The number of hydrogen-bond donors (Lipinski definition) is 4. The largest absolute Gasteiger partial charge is 0.478 e. The summed E-state index contributed by atoms with van der Waals surface area (Å²) in [6, 6.07) is 35.4.